The molecule has 17 heavy (non-hydrogen) atoms. The highest BCUT2D eigenvalue weighted by Gasteiger charge is 2.12. The Kier molecular flexibility index (Phi) is 4.43. The number of anilines is 1. The van der Waals surface area contributed by atoms with Gasteiger partial charge >= 0.3 is 0 Å². The first-order valence-corrected chi connectivity index (χ1v) is 6.67. The summed E-state index contributed by atoms with van der Waals surface area (Å²) >= 11 is 0. The first kappa shape index (κ1) is 12.4. The van der Waals surface area contributed by atoms with E-state index in [0.717, 1.165) is 38.4 Å². The summed E-state index contributed by atoms with van der Waals surface area (Å²) in [7, 11) is 0. The minimum absolute atomic E-state index is 0.583. The van der Waals surface area contributed by atoms with Gasteiger partial charge in [0.25, 0.3) is 0 Å². The Hall–Kier alpha value is -1.02. The van der Waals surface area contributed by atoms with Gasteiger partial charge in [-0.25, -0.2) is 0 Å². The number of hydrogen-bond acceptors (Lipinski definition) is 2. The van der Waals surface area contributed by atoms with Crippen LogP contribution < -0.4 is 5.32 Å². The second-order valence-corrected chi connectivity index (χ2v) is 5.33. The molecule has 0 aliphatic carbocycles. The van der Waals surface area contributed by atoms with Crippen molar-refractivity contribution in [3.8, 4) is 0 Å². The van der Waals surface area contributed by atoms with E-state index in [1.165, 1.54) is 11.3 Å². The van der Waals surface area contributed by atoms with Crippen LogP contribution in [0.4, 0.5) is 5.69 Å². The highest BCUT2D eigenvalue weighted by atomic mass is 16.5. The molecule has 0 radical (unpaired) electrons. The zero-order chi connectivity index (χ0) is 12.1. The van der Waals surface area contributed by atoms with Gasteiger partial charge in [0.15, 0.2) is 0 Å². The van der Waals surface area contributed by atoms with Gasteiger partial charge in [0, 0.05) is 24.9 Å². The van der Waals surface area contributed by atoms with Crippen LogP contribution in [0.2, 0.25) is 0 Å². The Labute approximate surface area is 104 Å². The lowest BCUT2D eigenvalue weighted by Gasteiger charge is -2.24. The molecule has 0 amide bonds. The monoisotopic (exact) mass is 233 g/mol. The van der Waals surface area contributed by atoms with Crippen molar-refractivity contribution in [2.24, 2.45) is 5.92 Å². The molecule has 0 atom stereocenters. The number of rotatable bonds is 4. The van der Waals surface area contributed by atoms with E-state index in [9.17, 15) is 0 Å². The summed E-state index contributed by atoms with van der Waals surface area (Å²) in [5.41, 5.74) is 2.67. The Balaban J connectivity index is 1.88. The molecule has 0 aromatic heterocycles. The summed E-state index contributed by atoms with van der Waals surface area (Å²) in [5.74, 6) is 0.726. The van der Waals surface area contributed by atoms with E-state index in [4.69, 9.17) is 4.74 Å². The summed E-state index contributed by atoms with van der Waals surface area (Å²) in [6.45, 7) is 6.30. The van der Waals surface area contributed by atoms with Crippen LogP contribution in [0.5, 0.6) is 0 Å². The molecule has 2 heteroatoms. The molecule has 1 aromatic carbocycles. The number of nitrogens with one attached hydrogen (secondary N) is 1. The van der Waals surface area contributed by atoms with Gasteiger partial charge < -0.3 is 10.1 Å². The standard InChI is InChI=1S/C15H23NO/c1-12(2)11-13-3-5-14(6-4-13)16-15-7-9-17-10-8-15/h3-6,12,15-16H,7-11H2,1-2H3. The predicted molar refractivity (Wildman–Crippen MR) is 72.4 cm³/mol. The molecule has 0 saturated carbocycles. The molecule has 1 aromatic rings. The highest BCUT2D eigenvalue weighted by Crippen LogP contribution is 2.17. The second kappa shape index (κ2) is 6.06. The molecule has 1 N–H and O–H groups in total. The predicted octanol–water partition coefficient (Wildman–Crippen LogP) is 3.48. The van der Waals surface area contributed by atoms with Crippen molar-refractivity contribution in [1.82, 2.24) is 0 Å². The van der Waals surface area contributed by atoms with E-state index < -0.39 is 0 Å². The van der Waals surface area contributed by atoms with E-state index in [2.05, 4.69) is 43.4 Å². The van der Waals surface area contributed by atoms with Crippen LogP contribution in [-0.2, 0) is 11.2 Å². The maximum absolute atomic E-state index is 5.36. The van der Waals surface area contributed by atoms with Gasteiger partial charge in [0.2, 0.25) is 0 Å². The fourth-order valence-electron chi connectivity index (χ4n) is 2.29. The van der Waals surface area contributed by atoms with E-state index in [0.29, 0.717) is 6.04 Å². The van der Waals surface area contributed by atoms with Crippen LogP contribution in [0.1, 0.15) is 32.3 Å². The molecule has 0 unspecified atom stereocenters. The molecule has 2 nitrogen and oxygen atoms in total. The van der Waals surface area contributed by atoms with E-state index in [1.54, 1.807) is 0 Å². The van der Waals surface area contributed by atoms with Crippen molar-refractivity contribution in [2.45, 2.75) is 39.2 Å². The molecule has 1 saturated heterocycles. The van der Waals surface area contributed by atoms with Crippen LogP contribution in [-0.4, -0.2) is 19.3 Å². The fraction of sp³-hybridized carbons (Fsp3) is 0.600. The molecule has 2 rings (SSSR count). The normalized spacial score (nSPS) is 17.4. The van der Waals surface area contributed by atoms with Crippen LogP contribution in [0.25, 0.3) is 0 Å². The summed E-state index contributed by atoms with van der Waals surface area (Å²) in [6.07, 6.45) is 3.40. The van der Waals surface area contributed by atoms with Crippen molar-refractivity contribution in [1.29, 1.82) is 0 Å². The third kappa shape index (κ3) is 4.04. The van der Waals surface area contributed by atoms with Crippen molar-refractivity contribution < 1.29 is 4.74 Å². The van der Waals surface area contributed by atoms with E-state index in [1.807, 2.05) is 0 Å². The summed E-state index contributed by atoms with van der Waals surface area (Å²) in [5, 5.41) is 3.58. The van der Waals surface area contributed by atoms with Crippen LogP contribution in [0.3, 0.4) is 0 Å². The average Bonchev–Trinajstić information content (AvgIpc) is 2.32. The van der Waals surface area contributed by atoms with Crippen LogP contribution in [0, 0.1) is 5.92 Å². The Morgan fingerprint density at radius 1 is 1.18 bits per heavy atom. The lowest BCUT2D eigenvalue weighted by molar-refractivity contribution is 0.0904. The summed E-state index contributed by atoms with van der Waals surface area (Å²) in [4.78, 5) is 0. The molecule has 1 aliphatic rings. The maximum atomic E-state index is 5.36. The van der Waals surface area contributed by atoms with Gasteiger partial charge in [0.05, 0.1) is 0 Å². The largest absolute Gasteiger partial charge is 0.382 e. The second-order valence-electron chi connectivity index (χ2n) is 5.33. The van der Waals surface area contributed by atoms with Crippen molar-refractivity contribution >= 4 is 5.69 Å². The van der Waals surface area contributed by atoms with Gasteiger partial charge in [0.1, 0.15) is 0 Å². The smallest absolute Gasteiger partial charge is 0.0485 e. The lowest BCUT2D eigenvalue weighted by Crippen LogP contribution is -2.27. The minimum atomic E-state index is 0.583. The highest BCUT2D eigenvalue weighted by molar-refractivity contribution is 5.45. The maximum Gasteiger partial charge on any atom is 0.0485 e. The average molecular weight is 233 g/mol. The van der Waals surface area contributed by atoms with Gasteiger partial charge in [-0.3, -0.25) is 0 Å². The summed E-state index contributed by atoms with van der Waals surface area (Å²) < 4.78 is 5.36. The van der Waals surface area contributed by atoms with Gasteiger partial charge in [-0.15, -0.1) is 0 Å². The van der Waals surface area contributed by atoms with Crippen LogP contribution in [0.15, 0.2) is 24.3 Å². The molecule has 1 aliphatic heterocycles. The van der Waals surface area contributed by atoms with Gasteiger partial charge in [-0.1, -0.05) is 26.0 Å². The first-order chi connectivity index (χ1) is 8.24. The topological polar surface area (TPSA) is 21.3 Å². The minimum Gasteiger partial charge on any atom is -0.382 e. The zero-order valence-electron chi connectivity index (χ0n) is 10.9. The Morgan fingerprint density at radius 3 is 2.41 bits per heavy atom. The van der Waals surface area contributed by atoms with E-state index in [-0.39, 0.29) is 0 Å². The SMILES string of the molecule is CC(C)Cc1ccc(NC2CCOCC2)cc1. The van der Waals surface area contributed by atoms with Crippen molar-refractivity contribution in [3.63, 3.8) is 0 Å². The molecule has 0 bridgehead atoms. The van der Waals surface area contributed by atoms with Gasteiger partial charge in [-0.05, 0) is 42.9 Å². The lowest BCUT2D eigenvalue weighted by atomic mass is 10.0. The van der Waals surface area contributed by atoms with E-state index >= 15 is 0 Å². The molecule has 94 valence electrons. The number of benzene rings is 1. The molecule has 1 fully saturated rings. The molecular formula is C15H23NO. The van der Waals surface area contributed by atoms with Gasteiger partial charge in [-0.2, -0.15) is 0 Å². The first-order valence-electron chi connectivity index (χ1n) is 6.67. The van der Waals surface area contributed by atoms with Crippen molar-refractivity contribution in [2.75, 3.05) is 18.5 Å². The number of hydrogen-bond donors (Lipinski definition) is 1. The zero-order valence-corrected chi connectivity index (χ0v) is 10.9. The molecule has 0 spiro atoms. The fourth-order valence-corrected chi connectivity index (χ4v) is 2.29. The van der Waals surface area contributed by atoms with Crippen LogP contribution >= 0.6 is 0 Å². The van der Waals surface area contributed by atoms with Crippen molar-refractivity contribution in [3.05, 3.63) is 29.8 Å². The third-order valence-corrected chi connectivity index (χ3v) is 3.19. The summed E-state index contributed by atoms with van der Waals surface area (Å²) in [6, 6.07) is 9.46. The quantitative estimate of drug-likeness (QED) is 0.859. The third-order valence-electron chi connectivity index (χ3n) is 3.19. The Bertz CT molecular complexity index is 325. The Morgan fingerprint density at radius 2 is 1.82 bits per heavy atom. The molecule has 1 heterocycles. The number of ether oxygens (including phenoxy) is 1. The molecular weight excluding hydrogens is 210 g/mol.